The molecule has 1 amide bonds. The Morgan fingerprint density at radius 2 is 1.89 bits per heavy atom. The summed E-state index contributed by atoms with van der Waals surface area (Å²) in [6.07, 6.45) is 5.08. The maximum absolute atomic E-state index is 11.9. The Morgan fingerprint density at radius 1 is 1.33 bits per heavy atom. The molecule has 1 fully saturated rings. The van der Waals surface area contributed by atoms with Gasteiger partial charge < -0.3 is 5.32 Å². The van der Waals surface area contributed by atoms with Crippen molar-refractivity contribution >= 4 is 11.7 Å². The Bertz CT molecular complexity index is 278. The van der Waals surface area contributed by atoms with Crippen molar-refractivity contribution in [1.29, 1.82) is 0 Å². The Hall–Kier alpha value is -0.900. The Morgan fingerprint density at radius 3 is 2.39 bits per heavy atom. The summed E-state index contributed by atoms with van der Waals surface area (Å²) < 4.78 is 0. The first-order valence-electron chi connectivity index (χ1n) is 7.08. The molecule has 1 aliphatic carbocycles. The molecular formula is C14H26N2O2. The van der Waals surface area contributed by atoms with Gasteiger partial charge in [-0.05, 0) is 32.7 Å². The summed E-state index contributed by atoms with van der Waals surface area (Å²) in [7, 11) is 1.98. The van der Waals surface area contributed by atoms with E-state index in [4.69, 9.17) is 0 Å². The zero-order valence-electron chi connectivity index (χ0n) is 11.9. The number of hydrogen-bond acceptors (Lipinski definition) is 3. The van der Waals surface area contributed by atoms with Gasteiger partial charge in [-0.1, -0.05) is 13.8 Å². The Labute approximate surface area is 110 Å². The van der Waals surface area contributed by atoms with E-state index in [1.807, 2.05) is 7.05 Å². The van der Waals surface area contributed by atoms with Gasteiger partial charge in [0, 0.05) is 24.9 Å². The predicted octanol–water partition coefficient (Wildman–Crippen LogP) is 1.73. The minimum Gasteiger partial charge on any atom is -0.352 e. The van der Waals surface area contributed by atoms with Crippen LogP contribution in [-0.2, 0) is 9.59 Å². The smallest absolute Gasteiger partial charge is 0.234 e. The first-order valence-corrected chi connectivity index (χ1v) is 7.08. The van der Waals surface area contributed by atoms with Crippen molar-refractivity contribution in [2.75, 3.05) is 13.6 Å². The van der Waals surface area contributed by atoms with E-state index in [2.05, 4.69) is 24.1 Å². The molecule has 0 aromatic heterocycles. The lowest BCUT2D eigenvalue weighted by atomic mass is 9.93. The van der Waals surface area contributed by atoms with Crippen LogP contribution < -0.4 is 5.32 Å². The fourth-order valence-electron chi connectivity index (χ4n) is 2.49. The summed E-state index contributed by atoms with van der Waals surface area (Å²) in [6, 6.07) is 0.675. The summed E-state index contributed by atoms with van der Waals surface area (Å²) in [5.41, 5.74) is 0. The van der Waals surface area contributed by atoms with Crippen molar-refractivity contribution < 1.29 is 9.59 Å². The van der Waals surface area contributed by atoms with Crippen molar-refractivity contribution in [2.45, 2.75) is 64.5 Å². The van der Waals surface area contributed by atoms with Crippen LogP contribution in [0.3, 0.4) is 0 Å². The first-order chi connectivity index (χ1) is 8.56. The zero-order valence-corrected chi connectivity index (χ0v) is 11.9. The van der Waals surface area contributed by atoms with Gasteiger partial charge in [0.2, 0.25) is 5.91 Å². The fourth-order valence-corrected chi connectivity index (χ4v) is 2.49. The molecule has 0 aromatic rings. The molecule has 104 valence electrons. The topological polar surface area (TPSA) is 49.4 Å². The SMILES string of the molecule is CCC(CC)NC(=O)CN(C)C1CCC(=O)CC1. The number of nitrogens with zero attached hydrogens (tertiary/aromatic N) is 1. The molecule has 0 heterocycles. The summed E-state index contributed by atoms with van der Waals surface area (Å²) in [5, 5.41) is 3.05. The third-order valence-corrected chi connectivity index (χ3v) is 3.88. The van der Waals surface area contributed by atoms with E-state index in [1.165, 1.54) is 0 Å². The highest BCUT2D eigenvalue weighted by atomic mass is 16.2. The van der Waals surface area contributed by atoms with E-state index >= 15 is 0 Å². The van der Waals surface area contributed by atoms with Gasteiger partial charge in [-0.15, -0.1) is 0 Å². The van der Waals surface area contributed by atoms with Crippen LogP contribution in [0.5, 0.6) is 0 Å². The number of rotatable bonds is 6. The molecule has 0 unspecified atom stereocenters. The average Bonchev–Trinajstić information content (AvgIpc) is 2.36. The van der Waals surface area contributed by atoms with Gasteiger partial charge in [-0.2, -0.15) is 0 Å². The Balaban J connectivity index is 2.32. The van der Waals surface area contributed by atoms with E-state index in [9.17, 15) is 9.59 Å². The molecule has 4 nitrogen and oxygen atoms in total. The highest BCUT2D eigenvalue weighted by molar-refractivity contribution is 5.79. The largest absolute Gasteiger partial charge is 0.352 e. The number of ketones is 1. The van der Waals surface area contributed by atoms with E-state index in [-0.39, 0.29) is 5.91 Å². The van der Waals surface area contributed by atoms with E-state index < -0.39 is 0 Å². The van der Waals surface area contributed by atoms with Crippen LogP contribution in [0.15, 0.2) is 0 Å². The molecule has 1 aliphatic rings. The Kier molecular flexibility index (Phi) is 6.33. The lowest BCUT2D eigenvalue weighted by Crippen LogP contribution is -2.44. The zero-order chi connectivity index (χ0) is 13.5. The number of likely N-dealkylation sites (N-methyl/N-ethyl adjacent to an activating group) is 1. The van der Waals surface area contributed by atoms with Crippen molar-refractivity contribution in [1.82, 2.24) is 10.2 Å². The second-order valence-electron chi connectivity index (χ2n) is 5.27. The second-order valence-corrected chi connectivity index (χ2v) is 5.27. The van der Waals surface area contributed by atoms with Crippen molar-refractivity contribution in [3.05, 3.63) is 0 Å². The number of nitrogens with one attached hydrogen (secondary N) is 1. The van der Waals surface area contributed by atoms with E-state index in [1.54, 1.807) is 0 Å². The van der Waals surface area contributed by atoms with Gasteiger partial charge >= 0.3 is 0 Å². The number of carbonyl (C=O) groups is 2. The molecule has 4 heteroatoms. The summed E-state index contributed by atoms with van der Waals surface area (Å²) in [5.74, 6) is 0.462. The maximum atomic E-state index is 11.9. The van der Waals surface area contributed by atoms with Crippen LogP contribution >= 0.6 is 0 Å². The molecule has 1 saturated carbocycles. The van der Waals surface area contributed by atoms with E-state index in [0.29, 0.717) is 37.3 Å². The number of amides is 1. The van der Waals surface area contributed by atoms with Crippen LogP contribution in [0.4, 0.5) is 0 Å². The van der Waals surface area contributed by atoms with Crippen molar-refractivity contribution in [2.24, 2.45) is 0 Å². The third kappa shape index (κ3) is 4.77. The molecule has 18 heavy (non-hydrogen) atoms. The molecule has 0 aromatic carbocycles. The highest BCUT2D eigenvalue weighted by Gasteiger charge is 2.23. The third-order valence-electron chi connectivity index (χ3n) is 3.88. The molecule has 0 radical (unpaired) electrons. The first kappa shape index (κ1) is 15.2. The number of carbonyl (C=O) groups excluding carboxylic acids is 2. The molecule has 0 bridgehead atoms. The molecular weight excluding hydrogens is 228 g/mol. The molecule has 0 saturated heterocycles. The minimum absolute atomic E-state index is 0.100. The van der Waals surface area contributed by atoms with Gasteiger partial charge in [-0.3, -0.25) is 14.5 Å². The quantitative estimate of drug-likeness (QED) is 0.785. The van der Waals surface area contributed by atoms with Gasteiger partial charge in [0.25, 0.3) is 0 Å². The minimum atomic E-state index is 0.100. The lowest BCUT2D eigenvalue weighted by molar-refractivity contribution is -0.123. The van der Waals surface area contributed by atoms with Gasteiger partial charge in [-0.25, -0.2) is 0 Å². The van der Waals surface area contributed by atoms with E-state index in [0.717, 1.165) is 25.7 Å². The second kappa shape index (κ2) is 7.52. The van der Waals surface area contributed by atoms with Crippen molar-refractivity contribution in [3.8, 4) is 0 Å². The summed E-state index contributed by atoms with van der Waals surface area (Å²) in [4.78, 5) is 25.1. The van der Waals surface area contributed by atoms with Crippen molar-refractivity contribution in [3.63, 3.8) is 0 Å². The van der Waals surface area contributed by atoms with Crippen LogP contribution in [0.25, 0.3) is 0 Å². The summed E-state index contributed by atoms with van der Waals surface area (Å²) >= 11 is 0. The van der Waals surface area contributed by atoms with Crippen LogP contribution in [0, 0.1) is 0 Å². The average molecular weight is 254 g/mol. The molecule has 0 aliphatic heterocycles. The monoisotopic (exact) mass is 254 g/mol. The highest BCUT2D eigenvalue weighted by Crippen LogP contribution is 2.19. The fraction of sp³-hybridized carbons (Fsp3) is 0.857. The van der Waals surface area contributed by atoms with Gasteiger partial charge in [0.05, 0.1) is 6.54 Å². The normalized spacial score (nSPS) is 17.5. The molecule has 1 N–H and O–H groups in total. The molecule has 0 atom stereocenters. The van der Waals surface area contributed by atoms with Gasteiger partial charge in [0.1, 0.15) is 5.78 Å². The molecule has 1 rings (SSSR count). The number of hydrogen-bond donors (Lipinski definition) is 1. The van der Waals surface area contributed by atoms with Crippen LogP contribution in [-0.4, -0.2) is 42.3 Å². The lowest BCUT2D eigenvalue weighted by Gasteiger charge is -2.30. The van der Waals surface area contributed by atoms with Gasteiger partial charge in [0.15, 0.2) is 0 Å². The maximum Gasteiger partial charge on any atom is 0.234 e. The molecule has 0 spiro atoms. The van der Waals surface area contributed by atoms with Crippen LogP contribution in [0.1, 0.15) is 52.4 Å². The predicted molar refractivity (Wildman–Crippen MR) is 72.4 cm³/mol. The summed E-state index contributed by atoms with van der Waals surface area (Å²) in [6.45, 7) is 4.62. The number of Topliss-reactive ketones (excluding diaryl/α,β-unsaturated/α-hetero) is 1. The van der Waals surface area contributed by atoms with Crippen LogP contribution in [0.2, 0.25) is 0 Å². The standard InChI is InChI=1S/C14H26N2O2/c1-4-11(5-2)15-14(18)10-16(3)12-6-8-13(17)9-7-12/h11-12H,4-10H2,1-3H3,(H,15,18).